The summed E-state index contributed by atoms with van der Waals surface area (Å²) in [6.45, 7) is 3.05. The predicted octanol–water partition coefficient (Wildman–Crippen LogP) is 0.292. The molecule has 4 nitrogen and oxygen atoms in total. The first-order valence-electron chi connectivity index (χ1n) is 5.22. The number of rotatable bonds is 3. The van der Waals surface area contributed by atoms with Crippen molar-refractivity contribution in [1.29, 1.82) is 0 Å². The van der Waals surface area contributed by atoms with Crippen LogP contribution in [0.1, 0.15) is 32.6 Å². The molecule has 5 heteroatoms. The van der Waals surface area contributed by atoms with Crippen LogP contribution in [0.25, 0.3) is 0 Å². The molecular weight excluding hydrogens is 200 g/mol. The highest BCUT2D eigenvalue weighted by atomic mass is 32.2. The monoisotopic (exact) mass is 218 g/mol. The van der Waals surface area contributed by atoms with Gasteiger partial charge in [0.05, 0.1) is 5.25 Å². The van der Waals surface area contributed by atoms with Gasteiger partial charge in [0.2, 0.25) is 10.0 Å². The lowest BCUT2D eigenvalue weighted by Gasteiger charge is -2.33. The Hall–Kier alpha value is -0.130. The van der Waals surface area contributed by atoms with Gasteiger partial charge in [-0.3, -0.25) is 0 Å². The molecule has 0 aromatic heterocycles. The quantitative estimate of drug-likeness (QED) is 0.740. The highest BCUT2D eigenvalue weighted by Crippen LogP contribution is 2.38. The Morgan fingerprint density at radius 3 is 2.64 bits per heavy atom. The van der Waals surface area contributed by atoms with Crippen molar-refractivity contribution in [2.75, 3.05) is 13.1 Å². The third-order valence-electron chi connectivity index (χ3n) is 3.37. The van der Waals surface area contributed by atoms with Crippen LogP contribution in [0.5, 0.6) is 0 Å². The summed E-state index contributed by atoms with van der Waals surface area (Å²) in [5, 5.41) is -0.105. The van der Waals surface area contributed by atoms with Gasteiger partial charge in [0.1, 0.15) is 0 Å². The van der Waals surface area contributed by atoms with Crippen molar-refractivity contribution in [2.24, 2.45) is 5.73 Å². The van der Waals surface area contributed by atoms with Gasteiger partial charge < -0.3 is 5.73 Å². The molecule has 1 heterocycles. The number of hydrogen-bond donors (Lipinski definition) is 1. The third kappa shape index (κ3) is 1.47. The van der Waals surface area contributed by atoms with E-state index in [2.05, 4.69) is 0 Å². The zero-order valence-corrected chi connectivity index (χ0v) is 9.39. The number of sulfonamides is 1. The second kappa shape index (κ2) is 3.18. The van der Waals surface area contributed by atoms with Gasteiger partial charge in [0, 0.05) is 18.6 Å². The molecule has 0 radical (unpaired) electrons. The average molecular weight is 218 g/mol. The van der Waals surface area contributed by atoms with E-state index in [-0.39, 0.29) is 10.8 Å². The van der Waals surface area contributed by atoms with E-state index in [1.54, 1.807) is 4.31 Å². The summed E-state index contributed by atoms with van der Waals surface area (Å²) in [4.78, 5) is 0. The molecule has 0 aromatic carbocycles. The smallest absolute Gasteiger partial charge is 0.217 e. The minimum Gasteiger partial charge on any atom is -0.329 e. The topological polar surface area (TPSA) is 63.4 Å². The van der Waals surface area contributed by atoms with E-state index in [0.29, 0.717) is 13.1 Å². The van der Waals surface area contributed by atoms with Crippen LogP contribution in [0.2, 0.25) is 0 Å². The summed E-state index contributed by atoms with van der Waals surface area (Å²) in [6.07, 6.45) is 3.51. The Balaban J connectivity index is 2.25. The Morgan fingerprint density at radius 1 is 1.50 bits per heavy atom. The van der Waals surface area contributed by atoms with Crippen molar-refractivity contribution >= 4 is 10.0 Å². The van der Waals surface area contributed by atoms with Crippen LogP contribution >= 0.6 is 0 Å². The first-order valence-corrected chi connectivity index (χ1v) is 6.73. The van der Waals surface area contributed by atoms with E-state index >= 15 is 0 Å². The van der Waals surface area contributed by atoms with Crippen LogP contribution in [-0.2, 0) is 10.0 Å². The van der Waals surface area contributed by atoms with E-state index < -0.39 is 10.0 Å². The molecule has 0 spiro atoms. The summed E-state index contributed by atoms with van der Waals surface area (Å²) < 4.78 is 25.7. The zero-order valence-electron chi connectivity index (χ0n) is 8.57. The second-order valence-corrected chi connectivity index (χ2v) is 6.76. The Kier molecular flexibility index (Phi) is 2.36. The van der Waals surface area contributed by atoms with Crippen LogP contribution in [0, 0.1) is 0 Å². The molecule has 2 rings (SSSR count). The minimum absolute atomic E-state index is 0.105. The lowest BCUT2D eigenvalue weighted by molar-refractivity contribution is 0.273. The average Bonchev–Trinajstić information content (AvgIpc) is 2.91. The summed E-state index contributed by atoms with van der Waals surface area (Å²) in [6, 6.07) is 0. The molecule has 1 saturated heterocycles. The molecule has 0 bridgehead atoms. The largest absolute Gasteiger partial charge is 0.329 e. The Morgan fingerprint density at radius 2 is 2.14 bits per heavy atom. The fourth-order valence-corrected chi connectivity index (χ4v) is 4.44. The molecule has 1 unspecified atom stereocenters. The molecule has 14 heavy (non-hydrogen) atoms. The van der Waals surface area contributed by atoms with Crippen molar-refractivity contribution in [1.82, 2.24) is 4.31 Å². The fourth-order valence-electron chi connectivity index (χ4n) is 2.18. The molecule has 1 aliphatic carbocycles. The molecule has 0 aromatic rings. The van der Waals surface area contributed by atoms with Crippen molar-refractivity contribution in [3.63, 3.8) is 0 Å². The molecule has 1 atom stereocenters. The molecule has 2 N–H and O–H groups in total. The van der Waals surface area contributed by atoms with Gasteiger partial charge in [-0.2, -0.15) is 4.31 Å². The highest BCUT2D eigenvalue weighted by molar-refractivity contribution is 7.90. The molecule has 82 valence electrons. The number of hydrogen-bond acceptors (Lipinski definition) is 3. The SMILES string of the molecule is CC1(CN)CCCN1S(=O)(=O)C1CC1. The lowest BCUT2D eigenvalue weighted by atomic mass is 10.0. The predicted molar refractivity (Wildman–Crippen MR) is 55.3 cm³/mol. The molecule has 2 fully saturated rings. The zero-order chi connectivity index (χ0) is 10.4. The van der Waals surface area contributed by atoms with E-state index in [4.69, 9.17) is 5.73 Å². The van der Waals surface area contributed by atoms with E-state index in [0.717, 1.165) is 25.7 Å². The first-order chi connectivity index (χ1) is 6.50. The van der Waals surface area contributed by atoms with E-state index in [1.807, 2.05) is 6.92 Å². The Labute approximate surface area is 85.5 Å². The van der Waals surface area contributed by atoms with Crippen molar-refractivity contribution < 1.29 is 8.42 Å². The highest BCUT2D eigenvalue weighted by Gasteiger charge is 2.48. The van der Waals surface area contributed by atoms with Gasteiger partial charge in [-0.15, -0.1) is 0 Å². The molecular formula is C9H18N2O2S. The van der Waals surface area contributed by atoms with Crippen LogP contribution in [0.4, 0.5) is 0 Å². The van der Waals surface area contributed by atoms with Gasteiger partial charge in [-0.05, 0) is 32.6 Å². The van der Waals surface area contributed by atoms with Gasteiger partial charge in [0.25, 0.3) is 0 Å². The second-order valence-electron chi connectivity index (χ2n) is 4.62. The summed E-state index contributed by atoms with van der Waals surface area (Å²) in [5.41, 5.74) is 5.35. The molecule has 2 aliphatic rings. The van der Waals surface area contributed by atoms with Gasteiger partial charge in [0.15, 0.2) is 0 Å². The summed E-state index contributed by atoms with van der Waals surface area (Å²) in [5.74, 6) is 0. The van der Waals surface area contributed by atoms with E-state index in [9.17, 15) is 8.42 Å². The van der Waals surface area contributed by atoms with Crippen LogP contribution < -0.4 is 5.73 Å². The van der Waals surface area contributed by atoms with Crippen molar-refractivity contribution in [3.05, 3.63) is 0 Å². The fraction of sp³-hybridized carbons (Fsp3) is 1.00. The molecule has 1 aliphatic heterocycles. The molecule has 1 saturated carbocycles. The summed E-state index contributed by atoms with van der Waals surface area (Å²) in [7, 11) is -3.03. The summed E-state index contributed by atoms with van der Waals surface area (Å²) >= 11 is 0. The van der Waals surface area contributed by atoms with Crippen molar-refractivity contribution in [2.45, 2.75) is 43.4 Å². The number of nitrogens with zero attached hydrogens (tertiary/aromatic N) is 1. The van der Waals surface area contributed by atoms with Crippen LogP contribution in [-0.4, -0.2) is 36.6 Å². The Bertz CT molecular complexity index is 324. The lowest BCUT2D eigenvalue weighted by Crippen LogP contribution is -2.50. The van der Waals surface area contributed by atoms with E-state index in [1.165, 1.54) is 0 Å². The van der Waals surface area contributed by atoms with Gasteiger partial charge >= 0.3 is 0 Å². The van der Waals surface area contributed by atoms with Crippen LogP contribution in [0.15, 0.2) is 0 Å². The normalized spacial score (nSPS) is 35.0. The first kappa shape index (κ1) is 10.4. The number of nitrogens with two attached hydrogens (primary N) is 1. The third-order valence-corrected chi connectivity index (χ3v) is 5.92. The maximum Gasteiger partial charge on any atom is 0.217 e. The molecule has 0 amide bonds. The maximum atomic E-state index is 12.0. The standard InChI is InChI=1S/C9H18N2O2S/c1-9(7-10)5-2-6-11(9)14(12,13)8-3-4-8/h8H,2-7,10H2,1H3. The van der Waals surface area contributed by atoms with Gasteiger partial charge in [-0.25, -0.2) is 8.42 Å². The van der Waals surface area contributed by atoms with Crippen molar-refractivity contribution in [3.8, 4) is 0 Å². The maximum absolute atomic E-state index is 12.0. The van der Waals surface area contributed by atoms with Crippen LogP contribution in [0.3, 0.4) is 0 Å². The van der Waals surface area contributed by atoms with Gasteiger partial charge in [-0.1, -0.05) is 0 Å². The minimum atomic E-state index is -3.03.